The number of ether oxygens (including phenoxy) is 1. The zero-order valence-electron chi connectivity index (χ0n) is 13.5. The van der Waals surface area contributed by atoms with Crippen molar-refractivity contribution in [2.45, 2.75) is 0 Å². The molecule has 2 aromatic carbocycles. The molecule has 0 fully saturated rings. The smallest absolute Gasteiger partial charge is 0.341 e. The van der Waals surface area contributed by atoms with Gasteiger partial charge in [0.25, 0.3) is 5.91 Å². The molecule has 8 heteroatoms. The van der Waals surface area contributed by atoms with Gasteiger partial charge in [0.05, 0.1) is 6.26 Å². The molecular formula is C18H15N3O5. The lowest BCUT2D eigenvalue weighted by Crippen LogP contribution is -2.13. The molecule has 0 aliphatic rings. The van der Waals surface area contributed by atoms with E-state index in [0.29, 0.717) is 22.4 Å². The van der Waals surface area contributed by atoms with E-state index in [0.717, 1.165) is 5.39 Å². The monoisotopic (exact) mass is 353 g/mol. The maximum Gasteiger partial charge on any atom is 0.341 e. The van der Waals surface area contributed by atoms with Gasteiger partial charge in [0, 0.05) is 22.0 Å². The van der Waals surface area contributed by atoms with Crippen LogP contribution in [0.4, 0.5) is 5.69 Å². The summed E-state index contributed by atoms with van der Waals surface area (Å²) in [5.74, 6) is -1.15. The number of carboxylic acid groups (broad SMARTS) is 1. The Hall–Kier alpha value is -3.81. The van der Waals surface area contributed by atoms with Crippen LogP contribution in [0.5, 0.6) is 5.75 Å². The van der Waals surface area contributed by atoms with Crippen molar-refractivity contribution >= 4 is 34.2 Å². The normalized spacial score (nSPS) is 10.5. The van der Waals surface area contributed by atoms with Gasteiger partial charge in [-0.15, -0.1) is 0 Å². The summed E-state index contributed by atoms with van der Waals surface area (Å²) in [7, 11) is 0. The number of carbonyl (C=O) groups excluding carboxylic acids is 1. The highest BCUT2D eigenvalue weighted by Gasteiger charge is 2.16. The standard InChI is InChI=1S/C18H15N3O5/c19-17(20)10-1-2-11-8-26-16(14(11)7-10)18(24)21-12-3-5-13(6-4-12)25-9-15(22)23/h1-8H,9H2,(H3,19,20)(H,21,24)(H,22,23). The number of aliphatic carboxylic acids is 1. The van der Waals surface area contributed by atoms with Crippen LogP contribution in [0.15, 0.2) is 53.1 Å². The van der Waals surface area contributed by atoms with Crippen LogP contribution in [-0.2, 0) is 4.79 Å². The van der Waals surface area contributed by atoms with Crippen LogP contribution >= 0.6 is 0 Å². The van der Waals surface area contributed by atoms with Crippen molar-refractivity contribution in [3.05, 3.63) is 60.1 Å². The number of carbonyl (C=O) groups is 2. The average Bonchev–Trinajstić information content (AvgIpc) is 3.04. The minimum absolute atomic E-state index is 0.101. The zero-order chi connectivity index (χ0) is 18.7. The van der Waals surface area contributed by atoms with Gasteiger partial charge in [0.15, 0.2) is 12.4 Å². The van der Waals surface area contributed by atoms with Crippen LogP contribution in [0.3, 0.4) is 0 Å². The first kappa shape index (κ1) is 17.0. The van der Waals surface area contributed by atoms with Crippen molar-refractivity contribution in [2.75, 3.05) is 11.9 Å². The van der Waals surface area contributed by atoms with E-state index < -0.39 is 18.5 Å². The van der Waals surface area contributed by atoms with Crippen LogP contribution < -0.4 is 15.8 Å². The summed E-state index contributed by atoms with van der Waals surface area (Å²) in [6.45, 7) is -0.442. The summed E-state index contributed by atoms with van der Waals surface area (Å²) in [5.41, 5.74) is 6.47. The third kappa shape index (κ3) is 3.64. The average molecular weight is 353 g/mol. The molecule has 3 aromatic rings. The van der Waals surface area contributed by atoms with Gasteiger partial charge < -0.3 is 25.3 Å². The summed E-state index contributed by atoms with van der Waals surface area (Å²) in [4.78, 5) is 22.9. The van der Waals surface area contributed by atoms with E-state index in [1.807, 2.05) is 0 Å². The van der Waals surface area contributed by atoms with Crippen molar-refractivity contribution in [1.82, 2.24) is 0 Å². The van der Waals surface area contributed by atoms with Crippen LogP contribution in [0, 0.1) is 5.41 Å². The van der Waals surface area contributed by atoms with E-state index in [1.54, 1.807) is 42.5 Å². The summed E-state index contributed by atoms with van der Waals surface area (Å²) < 4.78 is 10.4. The van der Waals surface area contributed by atoms with Crippen molar-refractivity contribution in [3.8, 4) is 5.75 Å². The first-order valence-corrected chi connectivity index (χ1v) is 7.55. The number of fused-ring (bicyclic) bond motifs is 1. The number of nitrogen functional groups attached to an aromatic ring is 1. The second-order valence-electron chi connectivity index (χ2n) is 5.44. The van der Waals surface area contributed by atoms with Gasteiger partial charge in [-0.05, 0) is 30.3 Å². The largest absolute Gasteiger partial charge is 0.482 e. The van der Waals surface area contributed by atoms with E-state index >= 15 is 0 Å². The molecule has 1 aromatic heterocycles. The molecule has 0 aliphatic heterocycles. The van der Waals surface area contributed by atoms with Gasteiger partial charge >= 0.3 is 5.97 Å². The molecule has 132 valence electrons. The minimum Gasteiger partial charge on any atom is -0.482 e. The summed E-state index contributed by atoms with van der Waals surface area (Å²) in [6, 6.07) is 11.3. The fraction of sp³-hybridized carbons (Fsp3) is 0.0556. The maximum absolute atomic E-state index is 12.5. The Morgan fingerprint density at radius 2 is 1.92 bits per heavy atom. The molecule has 0 saturated heterocycles. The molecule has 0 saturated carbocycles. The molecule has 1 heterocycles. The molecule has 0 radical (unpaired) electrons. The Morgan fingerprint density at radius 3 is 2.58 bits per heavy atom. The predicted molar refractivity (Wildman–Crippen MR) is 94.8 cm³/mol. The minimum atomic E-state index is -1.07. The van der Waals surface area contributed by atoms with Gasteiger partial charge in [0.2, 0.25) is 0 Å². The second kappa shape index (κ2) is 6.98. The molecule has 0 aliphatic carbocycles. The Morgan fingerprint density at radius 1 is 1.19 bits per heavy atom. The van der Waals surface area contributed by atoms with Gasteiger partial charge in [-0.2, -0.15) is 0 Å². The SMILES string of the molecule is N=C(N)c1ccc2coc(C(=O)Nc3ccc(OCC(=O)O)cc3)c2c1. The van der Waals surface area contributed by atoms with Crippen molar-refractivity contribution < 1.29 is 23.8 Å². The van der Waals surface area contributed by atoms with Crippen LogP contribution in [-0.4, -0.2) is 29.4 Å². The van der Waals surface area contributed by atoms with Gasteiger partial charge in [-0.1, -0.05) is 12.1 Å². The second-order valence-corrected chi connectivity index (χ2v) is 5.44. The molecule has 5 N–H and O–H groups in total. The quantitative estimate of drug-likeness (QED) is 0.396. The number of hydrogen-bond donors (Lipinski definition) is 4. The highest BCUT2D eigenvalue weighted by molar-refractivity contribution is 6.12. The number of carboxylic acids is 1. The number of nitrogens with two attached hydrogens (primary N) is 1. The zero-order valence-corrected chi connectivity index (χ0v) is 13.5. The van der Waals surface area contributed by atoms with Crippen molar-refractivity contribution in [1.29, 1.82) is 5.41 Å². The van der Waals surface area contributed by atoms with Gasteiger partial charge in [-0.3, -0.25) is 10.2 Å². The Labute approximate surface area is 147 Å². The number of amidine groups is 1. The predicted octanol–water partition coefficient (Wildman–Crippen LogP) is 2.43. The first-order chi connectivity index (χ1) is 12.4. The lowest BCUT2D eigenvalue weighted by molar-refractivity contribution is -0.139. The molecule has 26 heavy (non-hydrogen) atoms. The number of hydrogen-bond acceptors (Lipinski definition) is 5. The first-order valence-electron chi connectivity index (χ1n) is 7.55. The molecule has 0 unspecified atom stereocenters. The topological polar surface area (TPSA) is 139 Å². The number of furan rings is 1. The van der Waals surface area contributed by atoms with Crippen LogP contribution in [0.2, 0.25) is 0 Å². The fourth-order valence-electron chi connectivity index (χ4n) is 2.35. The molecule has 0 atom stereocenters. The van der Waals surface area contributed by atoms with E-state index in [1.165, 1.54) is 6.26 Å². The lowest BCUT2D eigenvalue weighted by atomic mass is 10.1. The number of amides is 1. The number of benzene rings is 2. The Balaban J connectivity index is 1.77. The fourth-order valence-corrected chi connectivity index (χ4v) is 2.35. The maximum atomic E-state index is 12.5. The van der Waals surface area contributed by atoms with Gasteiger partial charge in [-0.25, -0.2) is 4.79 Å². The van der Waals surface area contributed by atoms with Crippen LogP contribution in [0.1, 0.15) is 16.1 Å². The lowest BCUT2D eigenvalue weighted by Gasteiger charge is -2.06. The third-order valence-corrected chi connectivity index (χ3v) is 3.59. The molecule has 0 spiro atoms. The van der Waals surface area contributed by atoms with E-state index in [4.69, 9.17) is 25.4 Å². The van der Waals surface area contributed by atoms with Crippen molar-refractivity contribution in [3.63, 3.8) is 0 Å². The number of rotatable bonds is 6. The van der Waals surface area contributed by atoms with E-state index in [-0.39, 0.29) is 11.6 Å². The van der Waals surface area contributed by atoms with E-state index in [2.05, 4.69) is 5.32 Å². The number of anilines is 1. The highest BCUT2D eigenvalue weighted by Crippen LogP contribution is 2.24. The summed E-state index contributed by atoms with van der Waals surface area (Å²) in [6.07, 6.45) is 1.46. The Kier molecular flexibility index (Phi) is 4.57. The van der Waals surface area contributed by atoms with Crippen molar-refractivity contribution in [2.24, 2.45) is 5.73 Å². The molecule has 0 bridgehead atoms. The third-order valence-electron chi connectivity index (χ3n) is 3.59. The van der Waals surface area contributed by atoms with Crippen LogP contribution in [0.25, 0.3) is 10.8 Å². The van der Waals surface area contributed by atoms with Gasteiger partial charge in [0.1, 0.15) is 11.6 Å². The molecule has 8 nitrogen and oxygen atoms in total. The summed E-state index contributed by atoms with van der Waals surface area (Å²) >= 11 is 0. The van der Waals surface area contributed by atoms with E-state index in [9.17, 15) is 9.59 Å². The summed E-state index contributed by atoms with van der Waals surface area (Å²) in [5, 5.41) is 20.0. The molecular weight excluding hydrogens is 338 g/mol. The Bertz CT molecular complexity index is 992. The molecule has 1 amide bonds. The highest BCUT2D eigenvalue weighted by atomic mass is 16.5. The number of nitrogens with one attached hydrogen (secondary N) is 2. The molecule has 3 rings (SSSR count).